The molecule has 0 aromatic rings. The van der Waals surface area contributed by atoms with Gasteiger partial charge in [0, 0.05) is 13.1 Å². The topological polar surface area (TPSA) is 58.6 Å². The minimum absolute atomic E-state index is 0.00962. The molecule has 98 valence electrons. The number of likely N-dealkylation sites (N-methyl/N-ethyl adjacent to an activating group) is 1. The molecule has 1 N–H and O–H groups in total. The van der Waals surface area contributed by atoms with Gasteiger partial charge in [0.05, 0.1) is 0 Å². The number of carbonyl (C=O) groups excluding carboxylic acids is 2. The standard InChI is InChI=1S/C12H22N2O3/c1-5-14-8-6-7-9(10(14)15)13-11(16)17-12(2,3)4/h9H,5-8H2,1-4H3,(H,13,16). The molecule has 5 heteroatoms. The van der Waals surface area contributed by atoms with Crippen LogP contribution in [0.4, 0.5) is 4.79 Å². The number of nitrogens with one attached hydrogen (secondary N) is 1. The third kappa shape index (κ3) is 4.24. The second kappa shape index (κ2) is 5.38. The smallest absolute Gasteiger partial charge is 0.408 e. The summed E-state index contributed by atoms with van der Waals surface area (Å²) in [6.45, 7) is 8.80. The highest BCUT2D eigenvalue weighted by atomic mass is 16.6. The van der Waals surface area contributed by atoms with Crippen molar-refractivity contribution in [3.05, 3.63) is 0 Å². The summed E-state index contributed by atoms with van der Waals surface area (Å²) in [5.41, 5.74) is -0.535. The van der Waals surface area contributed by atoms with Crippen LogP contribution in [0.5, 0.6) is 0 Å². The molecule has 0 aliphatic carbocycles. The lowest BCUT2D eigenvalue weighted by atomic mass is 10.1. The predicted molar refractivity (Wildman–Crippen MR) is 64.6 cm³/mol. The number of ether oxygens (including phenoxy) is 1. The number of nitrogens with zero attached hydrogens (tertiary/aromatic N) is 1. The van der Waals surface area contributed by atoms with Crippen molar-refractivity contribution < 1.29 is 14.3 Å². The highest BCUT2D eigenvalue weighted by Crippen LogP contribution is 2.13. The van der Waals surface area contributed by atoms with E-state index in [1.807, 2.05) is 6.92 Å². The van der Waals surface area contributed by atoms with Crippen LogP contribution in [0.25, 0.3) is 0 Å². The van der Waals surface area contributed by atoms with Crippen molar-refractivity contribution in [2.45, 2.75) is 52.2 Å². The average molecular weight is 242 g/mol. The van der Waals surface area contributed by atoms with Crippen LogP contribution in [-0.2, 0) is 9.53 Å². The van der Waals surface area contributed by atoms with Gasteiger partial charge in [-0.1, -0.05) is 0 Å². The first-order valence-corrected chi connectivity index (χ1v) is 6.12. The summed E-state index contributed by atoms with van der Waals surface area (Å²) in [6, 6.07) is -0.432. The minimum Gasteiger partial charge on any atom is -0.444 e. The number of amides is 2. The Balaban J connectivity index is 2.50. The summed E-state index contributed by atoms with van der Waals surface area (Å²) in [5.74, 6) is -0.00962. The molecule has 17 heavy (non-hydrogen) atoms. The Kier molecular flexibility index (Phi) is 4.37. The van der Waals surface area contributed by atoms with Crippen molar-refractivity contribution in [2.75, 3.05) is 13.1 Å². The molecule has 1 aliphatic rings. The molecule has 0 bridgehead atoms. The van der Waals surface area contributed by atoms with Crippen molar-refractivity contribution in [1.29, 1.82) is 0 Å². The van der Waals surface area contributed by atoms with E-state index in [1.165, 1.54) is 0 Å². The monoisotopic (exact) mass is 242 g/mol. The van der Waals surface area contributed by atoms with Crippen molar-refractivity contribution in [3.8, 4) is 0 Å². The first-order valence-electron chi connectivity index (χ1n) is 6.12. The minimum atomic E-state index is -0.535. The van der Waals surface area contributed by atoms with Crippen molar-refractivity contribution in [3.63, 3.8) is 0 Å². The average Bonchev–Trinajstić information content (AvgIpc) is 2.18. The molecule has 1 unspecified atom stereocenters. The number of hydrogen-bond acceptors (Lipinski definition) is 3. The van der Waals surface area contributed by atoms with Gasteiger partial charge in [-0.3, -0.25) is 4.79 Å². The quantitative estimate of drug-likeness (QED) is 0.798. The fourth-order valence-electron chi connectivity index (χ4n) is 1.84. The van der Waals surface area contributed by atoms with Crippen molar-refractivity contribution in [1.82, 2.24) is 10.2 Å². The number of piperidine rings is 1. The lowest BCUT2D eigenvalue weighted by Gasteiger charge is -2.32. The molecule has 0 aromatic carbocycles. The van der Waals surface area contributed by atoms with Crippen LogP contribution in [0.1, 0.15) is 40.5 Å². The number of hydrogen-bond donors (Lipinski definition) is 1. The molecule has 2 amide bonds. The second-order valence-electron chi connectivity index (χ2n) is 5.26. The molecule has 0 spiro atoms. The maximum absolute atomic E-state index is 11.9. The molecule has 1 heterocycles. The number of carbonyl (C=O) groups is 2. The zero-order valence-corrected chi connectivity index (χ0v) is 11.1. The van der Waals surface area contributed by atoms with Crippen LogP contribution in [0, 0.1) is 0 Å². The summed E-state index contributed by atoms with van der Waals surface area (Å²) < 4.78 is 5.14. The largest absolute Gasteiger partial charge is 0.444 e. The zero-order valence-electron chi connectivity index (χ0n) is 11.1. The first-order chi connectivity index (χ1) is 7.83. The normalized spacial score (nSPS) is 21.3. The molecular weight excluding hydrogens is 220 g/mol. The molecule has 5 nitrogen and oxygen atoms in total. The Labute approximate surface area is 102 Å². The Morgan fingerprint density at radius 1 is 1.53 bits per heavy atom. The van der Waals surface area contributed by atoms with Gasteiger partial charge in [-0.15, -0.1) is 0 Å². The van der Waals surface area contributed by atoms with Crippen molar-refractivity contribution in [2.24, 2.45) is 0 Å². The Bertz CT molecular complexity index is 297. The van der Waals surface area contributed by atoms with E-state index in [2.05, 4.69) is 5.32 Å². The Morgan fingerprint density at radius 3 is 2.71 bits per heavy atom. The third-order valence-electron chi connectivity index (χ3n) is 2.60. The highest BCUT2D eigenvalue weighted by Gasteiger charge is 2.30. The molecule has 0 saturated carbocycles. The number of rotatable bonds is 2. The maximum Gasteiger partial charge on any atom is 0.408 e. The predicted octanol–water partition coefficient (Wildman–Crippen LogP) is 1.52. The molecule has 1 fully saturated rings. The Morgan fingerprint density at radius 2 is 2.18 bits per heavy atom. The second-order valence-corrected chi connectivity index (χ2v) is 5.26. The molecule has 0 radical (unpaired) electrons. The number of alkyl carbamates (subject to hydrolysis) is 1. The molecule has 1 aliphatic heterocycles. The van der Waals surface area contributed by atoms with E-state index in [-0.39, 0.29) is 5.91 Å². The van der Waals surface area contributed by atoms with Gasteiger partial charge in [-0.05, 0) is 40.5 Å². The van der Waals surface area contributed by atoms with Gasteiger partial charge in [0.1, 0.15) is 11.6 Å². The van der Waals surface area contributed by atoms with E-state index < -0.39 is 17.7 Å². The van der Waals surface area contributed by atoms with E-state index in [4.69, 9.17) is 4.74 Å². The van der Waals surface area contributed by atoms with Gasteiger partial charge in [0.2, 0.25) is 5.91 Å². The molecule has 1 saturated heterocycles. The molecule has 1 rings (SSSR count). The van der Waals surface area contributed by atoms with Crippen LogP contribution in [-0.4, -0.2) is 41.6 Å². The van der Waals surface area contributed by atoms with E-state index in [9.17, 15) is 9.59 Å². The molecular formula is C12H22N2O3. The van der Waals surface area contributed by atoms with Crippen LogP contribution >= 0.6 is 0 Å². The fourth-order valence-corrected chi connectivity index (χ4v) is 1.84. The van der Waals surface area contributed by atoms with Gasteiger partial charge in [0.15, 0.2) is 0 Å². The van der Waals surface area contributed by atoms with E-state index in [0.717, 1.165) is 13.0 Å². The van der Waals surface area contributed by atoms with Gasteiger partial charge in [-0.25, -0.2) is 4.79 Å². The lowest BCUT2D eigenvalue weighted by molar-refractivity contribution is -0.135. The number of likely N-dealkylation sites (tertiary alicyclic amines) is 1. The highest BCUT2D eigenvalue weighted by molar-refractivity contribution is 5.86. The molecule has 1 atom stereocenters. The zero-order chi connectivity index (χ0) is 13.1. The summed E-state index contributed by atoms with van der Waals surface area (Å²) in [5, 5.41) is 2.64. The first kappa shape index (κ1) is 13.8. The van der Waals surface area contributed by atoms with E-state index in [1.54, 1.807) is 25.7 Å². The van der Waals surface area contributed by atoms with Crippen LogP contribution in [0.2, 0.25) is 0 Å². The molecule has 0 aromatic heterocycles. The van der Waals surface area contributed by atoms with Gasteiger partial charge < -0.3 is 15.0 Å². The van der Waals surface area contributed by atoms with Gasteiger partial charge in [0.25, 0.3) is 0 Å². The summed E-state index contributed by atoms with van der Waals surface area (Å²) in [4.78, 5) is 25.2. The van der Waals surface area contributed by atoms with Crippen LogP contribution in [0.15, 0.2) is 0 Å². The van der Waals surface area contributed by atoms with Gasteiger partial charge in [-0.2, -0.15) is 0 Å². The Hall–Kier alpha value is -1.26. The van der Waals surface area contributed by atoms with Gasteiger partial charge >= 0.3 is 6.09 Å². The van der Waals surface area contributed by atoms with E-state index >= 15 is 0 Å². The fraction of sp³-hybridized carbons (Fsp3) is 0.833. The van der Waals surface area contributed by atoms with Crippen molar-refractivity contribution >= 4 is 12.0 Å². The maximum atomic E-state index is 11.9. The summed E-state index contributed by atoms with van der Waals surface area (Å²) >= 11 is 0. The lowest BCUT2D eigenvalue weighted by Crippen LogP contribution is -2.52. The van der Waals surface area contributed by atoms with E-state index in [0.29, 0.717) is 13.0 Å². The van der Waals surface area contributed by atoms with Crippen LogP contribution in [0.3, 0.4) is 0 Å². The summed E-state index contributed by atoms with van der Waals surface area (Å²) in [6.07, 6.45) is 1.09. The third-order valence-corrected chi connectivity index (χ3v) is 2.60. The van der Waals surface area contributed by atoms with Crippen LogP contribution < -0.4 is 5.32 Å². The SMILES string of the molecule is CCN1CCCC(NC(=O)OC(C)(C)C)C1=O. The summed E-state index contributed by atoms with van der Waals surface area (Å²) in [7, 11) is 0.